The van der Waals surface area contributed by atoms with Gasteiger partial charge in [-0.1, -0.05) is 18.2 Å². The van der Waals surface area contributed by atoms with E-state index in [9.17, 15) is 0 Å². The summed E-state index contributed by atoms with van der Waals surface area (Å²) in [5, 5.41) is 4.18. The maximum absolute atomic E-state index is 4.18. The molecule has 22 heavy (non-hydrogen) atoms. The smallest absolute Gasteiger partial charge is 0.0639 e. The number of nitrogens with one attached hydrogen (secondary N) is 1. The molecule has 1 aliphatic heterocycles. The van der Waals surface area contributed by atoms with E-state index in [1.54, 1.807) is 11.9 Å². The minimum Gasteiger partial charge on any atom is -0.300 e. The van der Waals surface area contributed by atoms with Crippen LogP contribution in [0.4, 0.5) is 0 Å². The minimum absolute atomic E-state index is 0.503. The van der Waals surface area contributed by atoms with Crippen molar-refractivity contribution >= 4 is 11.9 Å². The highest BCUT2D eigenvalue weighted by atomic mass is 32.2. The third-order valence-corrected chi connectivity index (χ3v) is 5.16. The van der Waals surface area contributed by atoms with Crippen molar-refractivity contribution in [3.63, 3.8) is 0 Å². The zero-order valence-corrected chi connectivity index (χ0v) is 14.4. The van der Waals surface area contributed by atoms with Gasteiger partial charge in [0.1, 0.15) is 0 Å². The van der Waals surface area contributed by atoms with Crippen molar-refractivity contribution in [3.8, 4) is 0 Å². The first-order valence-corrected chi connectivity index (χ1v) is 8.65. The largest absolute Gasteiger partial charge is 0.300 e. The Morgan fingerprint density at radius 2 is 2.23 bits per heavy atom. The van der Waals surface area contributed by atoms with Crippen LogP contribution >= 0.6 is 11.9 Å². The highest BCUT2D eigenvalue weighted by Crippen LogP contribution is 2.28. The summed E-state index contributed by atoms with van der Waals surface area (Å²) >= 11 is 1.64. The molecule has 1 atom stereocenters. The predicted octanol–water partition coefficient (Wildman–Crippen LogP) is 3.16. The second-order valence-corrected chi connectivity index (χ2v) is 7.03. The molecule has 1 unspecified atom stereocenters. The number of nitrogens with zero attached hydrogens (tertiary/aromatic N) is 3. The molecular weight excluding hydrogens is 292 g/mol. The van der Waals surface area contributed by atoms with Gasteiger partial charge in [-0.3, -0.25) is 14.3 Å². The Balaban J connectivity index is 1.66. The molecule has 0 amide bonds. The van der Waals surface area contributed by atoms with Gasteiger partial charge in [-0.15, -0.1) is 0 Å². The van der Waals surface area contributed by atoms with Crippen LogP contribution in [0.3, 0.4) is 0 Å². The third kappa shape index (κ3) is 3.54. The number of hydrogen-bond donors (Lipinski definition) is 1. The molecule has 3 rings (SSSR count). The van der Waals surface area contributed by atoms with Crippen LogP contribution in [0.2, 0.25) is 0 Å². The minimum atomic E-state index is 0.503. The average molecular weight is 316 g/mol. The van der Waals surface area contributed by atoms with Gasteiger partial charge in [0.05, 0.1) is 11.1 Å². The molecule has 0 bridgehead atoms. The van der Waals surface area contributed by atoms with Crippen LogP contribution in [0.15, 0.2) is 35.5 Å². The lowest BCUT2D eigenvalue weighted by Crippen LogP contribution is -2.22. The first-order valence-electron chi connectivity index (χ1n) is 7.84. The molecule has 4 nitrogen and oxygen atoms in total. The van der Waals surface area contributed by atoms with Crippen LogP contribution in [-0.4, -0.2) is 28.3 Å². The van der Waals surface area contributed by atoms with Gasteiger partial charge >= 0.3 is 0 Å². The standard InChI is InChI=1S/C17H24N4S/c1-13-17-9-14(6-7-15(17)5-4-8-20(13)2)10-19-22-16-11-18-21(3)12-16/h6-7,9,11-13,19H,4-5,8,10H2,1-3H3. The van der Waals surface area contributed by atoms with E-state index in [4.69, 9.17) is 0 Å². The molecule has 5 heteroatoms. The number of rotatable bonds is 4. The second-order valence-electron chi connectivity index (χ2n) is 6.07. The number of benzene rings is 1. The first kappa shape index (κ1) is 15.6. The molecule has 1 N–H and O–H groups in total. The Labute approximate surface area is 137 Å². The molecule has 2 aromatic rings. The number of aryl methyl sites for hydroxylation is 2. The van der Waals surface area contributed by atoms with Gasteiger partial charge in [0.15, 0.2) is 0 Å². The molecule has 0 saturated carbocycles. The summed E-state index contributed by atoms with van der Waals surface area (Å²) in [6.07, 6.45) is 6.35. The quantitative estimate of drug-likeness (QED) is 0.879. The van der Waals surface area contributed by atoms with E-state index in [0.29, 0.717) is 6.04 Å². The van der Waals surface area contributed by atoms with Gasteiger partial charge in [-0.05, 0) is 62.0 Å². The maximum Gasteiger partial charge on any atom is 0.0639 e. The van der Waals surface area contributed by atoms with E-state index in [1.165, 1.54) is 36.1 Å². The molecule has 1 aliphatic rings. The highest BCUT2D eigenvalue weighted by molar-refractivity contribution is 7.97. The van der Waals surface area contributed by atoms with Crippen molar-refractivity contribution in [1.29, 1.82) is 0 Å². The van der Waals surface area contributed by atoms with E-state index in [1.807, 2.05) is 24.1 Å². The fourth-order valence-corrected chi connectivity index (χ4v) is 3.69. The summed E-state index contributed by atoms with van der Waals surface area (Å²) in [5.74, 6) is 0. The Bertz CT molecular complexity index is 637. The monoisotopic (exact) mass is 316 g/mol. The SMILES string of the molecule is CC1c2cc(CNSc3cnn(C)c3)ccc2CCCN1C. The van der Waals surface area contributed by atoms with Gasteiger partial charge < -0.3 is 0 Å². The normalized spacial score (nSPS) is 19.0. The molecule has 2 heterocycles. The molecule has 0 spiro atoms. The van der Waals surface area contributed by atoms with E-state index >= 15 is 0 Å². The molecule has 0 saturated heterocycles. The summed E-state index contributed by atoms with van der Waals surface area (Å²) in [5.41, 5.74) is 4.35. The van der Waals surface area contributed by atoms with E-state index in [-0.39, 0.29) is 0 Å². The fraction of sp³-hybridized carbons (Fsp3) is 0.471. The Hall–Kier alpha value is -1.30. The molecule has 0 aliphatic carbocycles. The summed E-state index contributed by atoms with van der Waals surface area (Å²) in [6, 6.07) is 7.45. The van der Waals surface area contributed by atoms with Crippen LogP contribution in [0.25, 0.3) is 0 Å². The maximum atomic E-state index is 4.18. The number of hydrogen-bond acceptors (Lipinski definition) is 4. The van der Waals surface area contributed by atoms with Crippen LogP contribution in [0.1, 0.15) is 36.1 Å². The summed E-state index contributed by atoms with van der Waals surface area (Å²) < 4.78 is 5.25. The lowest BCUT2D eigenvalue weighted by molar-refractivity contribution is 0.267. The van der Waals surface area contributed by atoms with Crippen molar-refractivity contribution in [2.75, 3.05) is 13.6 Å². The molecule has 118 valence electrons. The summed E-state index contributed by atoms with van der Waals surface area (Å²) in [4.78, 5) is 3.60. The van der Waals surface area contributed by atoms with Gasteiger partial charge in [0.25, 0.3) is 0 Å². The topological polar surface area (TPSA) is 33.1 Å². The number of aromatic nitrogens is 2. The lowest BCUT2D eigenvalue weighted by Gasteiger charge is -2.23. The Morgan fingerprint density at radius 1 is 1.36 bits per heavy atom. The third-order valence-electron chi connectivity index (χ3n) is 4.43. The summed E-state index contributed by atoms with van der Waals surface area (Å²) in [7, 11) is 4.16. The van der Waals surface area contributed by atoms with Gasteiger partial charge in [0.2, 0.25) is 0 Å². The highest BCUT2D eigenvalue weighted by Gasteiger charge is 2.19. The predicted molar refractivity (Wildman–Crippen MR) is 91.7 cm³/mol. The van der Waals surface area contributed by atoms with Crippen molar-refractivity contribution in [2.45, 2.75) is 37.2 Å². The Morgan fingerprint density at radius 3 is 3.00 bits per heavy atom. The van der Waals surface area contributed by atoms with Crippen molar-refractivity contribution < 1.29 is 0 Å². The van der Waals surface area contributed by atoms with Gasteiger partial charge in [-0.25, -0.2) is 0 Å². The second kappa shape index (κ2) is 6.86. The lowest BCUT2D eigenvalue weighted by atomic mass is 9.97. The molecule has 0 fully saturated rings. The van der Waals surface area contributed by atoms with E-state index < -0.39 is 0 Å². The van der Waals surface area contributed by atoms with E-state index in [0.717, 1.165) is 11.4 Å². The van der Waals surface area contributed by atoms with E-state index in [2.05, 4.69) is 46.9 Å². The van der Waals surface area contributed by atoms with Crippen molar-refractivity contribution in [1.82, 2.24) is 19.4 Å². The fourth-order valence-electron chi connectivity index (χ4n) is 2.98. The number of fused-ring (bicyclic) bond motifs is 1. The van der Waals surface area contributed by atoms with Gasteiger partial charge in [-0.2, -0.15) is 5.10 Å². The Kier molecular flexibility index (Phi) is 4.86. The molecule has 1 aromatic carbocycles. The van der Waals surface area contributed by atoms with Crippen LogP contribution in [-0.2, 0) is 20.0 Å². The van der Waals surface area contributed by atoms with Crippen molar-refractivity contribution in [2.24, 2.45) is 7.05 Å². The summed E-state index contributed by atoms with van der Waals surface area (Å²) in [6.45, 7) is 4.36. The van der Waals surface area contributed by atoms with Crippen molar-refractivity contribution in [3.05, 3.63) is 47.3 Å². The molecule has 0 radical (unpaired) electrons. The van der Waals surface area contributed by atoms with Gasteiger partial charge in [0, 0.05) is 25.8 Å². The van der Waals surface area contributed by atoms with Crippen LogP contribution in [0, 0.1) is 0 Å². The zero-order valence-electron chi connectivity index (χ0n) is 13.5. The average Bonchev–Trinajstić information content (AvgIpc) is 2.86. The van der Waals surface area contributed by atoms with Crippen LogP contribution in [0.5, 0.6) is 0 Å². The van der Waals surface area contributed by atoms with Crippen LogP contribution < -0.4 is 4.72 Å². The first-order chi connectivity index (χ1) is 10.6. The molecular formula is C17H24N4S. The zero-order chi connectivity index (χ0) is 15.5. The molecule has 1 aromatic heterocycles.